The van der Waals surface area contributed by atoms with Crippen molar-refractivity contribution >= 4 is 15.9 Å². The molecule has 1 amide bonds. The minimum absolute atomic E-state index is 0.0411. The van der Waals surface area contributed by atoms with Crippen molar-refractivity contribution in [1.82, 2.24) is 14.1 Å². The predicted molar refractivity (Wildman–Crippen MR) is 84.9 cm³/mol. The van der Waals surface area contributed by atoms with Crippen molar-refractivity contribution < 1.29 is 13.2 Å². The number of benzene rings is 1. The summed E-state index contributed by atoms with van der Waals surface area (Å²) in [5.74, 6) is 0.0411. The molecule has 1 unspecified atom stereocenters. The molecule has 1 heterocycles. The fraction of sp³-hybridized carbons (Fsp3) is 0.533. The summed E-state index contributed by atoms with van der Waals surface area (Å²) >= 11 is 0. The van der Waals surface area contributed by atoms with Crippen molar-refractivity contribution in [2.45, 2.75) is 17.9 Å². The van der Waals surface area contributed by atoms with Crippen LogP contribution in [0.3, 0.4) is 0 Å². The van der Waals surface area contributed by atoms with Gasteiger partial charge in [0.1, 0.15) is 0 Å². The van der Waals surface area contributed by atoms with Gasteiger partial charge in [-0.25, -0.2) is 8.42 Å². The van der Waals surface area contributed by atoms with Gasteiger partial charge >= 0.3 is 0 Å². The fourth-order valence-electron chi connectivity index (χ4n) is 2.60. The Bertz CT molecular complexity index is 608. The third-order valence-corrected chi connectivity index (χ3v) is 5.91. The minimum Gasteiger partial charge on any atom is -0.347 e. The summed E-state index contributed by atoms with van der Waals surface area (Å²) in [4.78, 5) is 15.9. The van der Waals surface area contributed by atoms with E-state index in [9.17, 15) is 13.2 Å². The standard InChI is InChI=1S/C15H23N3O3S/c1-13(15(19)16(2)3)17-9-11-18(12-10-17)22(20,21)14-7-5-4-6-8-14/h4-8,13H,9-12H2,1-3H3. The molecule has 0 spiro atoms. The minimum atomic E-state index is -3.44. The van der Waals surface area contributed by atoms with Crippen LogP contribution in [0.15, 0.2) is 35.2 Å². The van der Waals surface area contributed by atoms with E-state index in [1.165, 1.54) is 4.31 Å². The number of likely N-dealkylation sites (N-methyl/N-ethyl adjacent to an activating group) is 1. The second-order valence-electron chi connectivity index (χ2n) is 5.66. The highest BCUT2D eigenvalue weighted by molar-refractivity contribution is 7.89. The van der Waals surface area contributed by atoms with Gasteiger partial charge in [-0.15, -0.1) is 0 Å². The lowest BCUT2D eigenvalue weighted by Crippen LogP contribution is -2.54. The number of rotatable bonds is 4. The fourth-order valence-corrected chi connectivity index (χ4v) is 4.05. The molecule has 1 atom stereocenters. The molecule has 22 heavy (non-hydrogen) atoms. The predicted octanol–water partition coefficient (Wildman–Crippen LogP) is 0.470. The van der Waals surface area contributed by atoms with E-state index in [1.807, 2.05) is 11.8 Å². The molecule has 1 aromatic carbocycles. The number of carbonyl (C=O) groups is 1. The van der Waals surface area contributed by atoms with Gasteiger partial charge in [0, 0.05) is 40.3 Å². The highest BCUT2D eigenvalue weighted by Crippen LogP contribution is 2.18. The third-order valence-electron chi connectivity index (χ3n) is 4.00. The molecule has 2 rings (SSSR count). The zero-order chi connectivity index (χ0) is 16.3. The molecule has 0 radical (unpaired) electrons. The first-order chi connectivity index (χ1) is 10.3. The first-order valence-corrected chi connectivity index (χ1v) is 8.78. The van der Waals surface area contributed by atoms with Gasteiger partial charge in [-0.2, -0.15) is 4.31 Å². The van der Waals surface area contributed by atoms with E-state index < -0.39 is 10.0 Å². The van der Waals surface area contributed by atoms with Crippen molar-refractivity contribution in [1.29, 1.82) is 0 Å². The third kappa shape index (κ3) is 3.48. The van der Waals surface area contributed by atoms with Crippen molar-refractivity contribution in [2.75, 3.05) is 40.3 Å². The number of nitrogens with zero attached hydrogens (tertiary/aromatic N) is 3. The Balaban J connectivity index is 2.02. The SMILES string of the molecule is CC(C(=O)N(C)C)N1CCN(S(=O)(=O)c2ccccc2)CC1. The van der Waals surface area contributed by atoms with Gasteiger partial charge in [0.05, 0.1) is 10.9 Å². The maximum Gasteiger partial charge on any atom is 0.243 e. The topological polar surface area (TPSA) is 60.9 Å². The number of amides is 1. The van der Waals surface area contributed by atoms with E-state index in [2.05, 4.69) is 0 Å². The lowest BCUT2D eigenvalue weighted by molar-refractivity contribution is -0.134. The molecular weight excluding hydrogens is 302 g/mol. The van der Waals surface area contributed by atoms with Crippen LogP contribution in [0.2, 0.25) is 0 Å². The molecule has 0 N–H and O–H groups in total. The molecule has 1 aromatic rings. The quantitative estimate of drug-likeness (QED) is 0.807. The molecule has 0 aliphatic carbocycles. The molecule has 1 aliphatic rings. The maximum absolute atomic E-state index is 12.5. The molecule has 0 saturated carbocycles. The van der Waals surface area contributed by atoms with Crippen LogP contribution in [-0.2, 0) is 14.8 Å². The van der Waals surface area contributed by atoms with E-state index in [-0.39, 0.29) is 11.9 Å². The molecule has 0 bridgehead atoms. The molecular formula is C15H23N3O3S. The summed E-state index contributed by atoms with van der Waals surface area (Å²) in [7, 11) is 0.0258. The van der Waals surface area contributed by atoms with Crippen LogP contribution in [-0.4, -0.2) is 74.7 Å². The lowest BCUT2D eigenvalue weighted by atomic mass is 10.2. The molecule has 6 nitrogen and oxygen atoms in total. The van der Waals surface area contributed by atoms with E-state index in [1.54, 1.807) is 49.3 Å². The summed E-state index contributed by atoms with van der Waals surface area (Å²) in [6, 6.07) is 8.24. The van der Waals surface area contributed by atoms with Crippen LogP contribution < -0.4 is 0 Å². The van der Waals surface area contributed by atoms with Crippen LogP contribution in [0.5, 0.6) is 0 Å². The summed E-state index contributed by atoms with van der Waals surface area (Å²) < 4.78 is 26.6. The van der Waals surface area contributed by atoms with E-state index in [0.29, 0.717) is 31.1 Å². The average Bonchev–Trinajstić information content (AvgIpc) is 2.54. The second kappa shape index (κ2) is 6.76. The first kappa shape index (κ1) is 16.9. The Morgan fingerprint density at radius 1 is 1.09 bits per heavy atom. The number of hydrogen-bond acceptors (Lipinski definition) is 4. The Hall–Kier alpha value is -1.44. The molecule has 1 saturated heterocycles. The van der Waals surface area contributed by atoms with Crippen LogP contribution in [0.25, 0.3) is 0 Å². The van der Waals surface area contributed by atoms with Gasteiger partial charge in [-0.05, 0) is 19.1 Å². The number of sulfonamides is 1. The summed E-state index contributed by atoms with van der Waals surface area (Å²) in [6.07, 6.45) is 0. The highest BCUT2D eigenvalue weighted by Gasteiger charge is 2.31. The zero-order valence-corrected chi connectivity index (χ0v) is 14.1. The molecule has 1 aliphatic heterocycles. The van der Waals surface area contributed by atoms with Gasteiger partial charge < -0.3 is 4.90 Å². The Morgan fingerprint density at radius 2 is 1.64 bits per heavy atom. The van der Waals surface area contributed by atoms with Crippen molar-refractivity contribution in [2.24, 2.45) is 0 Å². The summed E-state index contributed by atoms with van der Waals surface area (Å²) in [5.41, 5.74) is 0. The first-order valence-electron chi connectivity index (χ1n) is 7.34. The van der Waals surface area contributed by atoms with Gasteiger partial charge in [0.2, 0.25) is 15.9 Å². The maximum atomic E-state index is 12.5. The second-order valence-corrected chi connectivity index (χ2v) is 7.60. The largest absolute Gasteiger partial charge is 0.347 e. The summed E-state index contributed by atoms with van der Waals surface area (Å²) in [6.45, 7) is 3.80. The van der Waals surface area contributed by atoms with E-state index >= 15 is 0 Å². The number of piperazine rings is 1. The van der Waals surface area contributed by atoms with Gasteiger partial charge in [0.25, 0.3) is 0 Å². The van der Waals surface area contributed by atoms with Crippen molar-refractivity contribution in [3.05, 3.63) is 30.3 Å². The molecule has 1 fully saturated rings. The monoisotopic (exact) mass is 325 g/mol. The summed E-state index contributed by atoms with van der Waals surface area (Å²) in [5, 5.41) is 0. The highest BCUT2D eigenvalue weighted by atomic mass is 32.2. The number of hydrogen-bond donors (Lipinski definition) is 0. The molecule has 0 aromatic heterocycles. The number of carbonyl (C=O) groups excluding carboxylic acids is 1. The lowest BCUT2D eigenvalue weighted by Gasteiger charge is -2.37. The van der Waals surface area contributed by atoms with Crippen molar-refractivity contribution in [3.8, 4) is 0 Å². The van der Waals surface area contributed by atoms with Crippen LogP contribution in [0.1, 0.15) is 6.92 Å². The smallest absolute Gasteiger partial charge is 0.243 e. The molecule has 122 valence electrons. The molecule has 7 heteroatoms. The van der Waals surface area contributed by atoms with Crippen LogP contribution in [0.4, 0.5) is 0 Å². The Labute approximate surface area is 132 Å². The van der Waals surface area contributed by atoms with Gasteiger partial charge in [0.15, 0.2) is 0 Å². The Kier molecular flexibility index (Phi) is 5.20. The van der Waals surface area contributed by atoms with E-state index in [0.717, 1.165) is 0 Å². The zero-order valence-electron chi connectivity index (χ0n) is 13.3. The van der Waals surface area contributed by atoms with Crippen LogP contribution >= 0.6 is 0 Å². The van der Waals surface area contributed by atoms with Gasteiger partial charge in [-0.1, -0.05) is 18.2 Å². The Morgan fingerprint density at radius 3 is 2.14 bits per heavy atom. The van der Waals surface area contributed by atoms with Crippen molar-refractivity contribution in [3.63, 3.8) is 0 Å². The van der Waals surface area contributed by atoms with E-state index in [4.69, 9.17) is 0 Å². The average molecular weight is 325 g/mol. The van der Waals surface area contributed by atoms with Gasteiger partial charge in [-0.3, -0.25) is 9.69 Å². The normalized spacial score (nSPS) is 18.9. The van der Waals surface area contributed by atoms with Crippen LogP contribution in [0, 0.1) is 0 Å².